The summed E-state index contributed by atoms with van der Waals surface area (Å²) in [7, 11) is 0. The quantitative estimate of drug-likeness (QED) is 0.609. The van der Waals surface area contributed by atoms with Crippen LogP contribution in [-0.2, 0) is 11.3 Å². The van der Waals surface area contributed by atoms with E-state index in [0.717, 1.165) is 32.9 Å². The predicted octanol–water partition coefficient (Wildman–Crippen LogP) is 5.63. The van der Waals surface area contributed by atoms with E-state index < -0.39 is 0 Å². The van der Waals surface area contributed by atoms with E-state index in [0.29, 0.717) is 4.91 Å². The van der Waals surface area contributed by atoms with E-state index >= 15 is 0 Å². The van der Waals surface area contributed by atoms with E-state index in [1.165, 1.54) is 4.90 Å². The number of allylic oxidation sites excluding steroid dienone is 2. The molecule has 5 heteroatoms. The van der Waals surface area contributed by atoms with E-state index in [1.54, 1.807) is 6.08 Å². The first-order chi connectivity index (χ1) is 12.0. The summed E-state index contributed by atoms with van der Waals surface area (Å²) < 4.78 is 0.925. The number of imide groups is 1. The first-order valence-electron chi connectivity index (χ1n) is 7.76. The van der Waals surface area contributed by atoms with E-state index in [9.17, 15) is 9.59 Å². The van der Waals surface area contributed by atoms with Gasteiger partial charge in [-0.2, -0.15) is 0 Å². The molecule has 0 aromatic heterocycles. The molecule has 0 radical (unpaired) electrons. The van der Waals surface area contributed by atoms with Crippen molar-refractivity contribution < 1.29 is 9.59 Å². The second-order valence-corrected chi connectivity index (χ2v) is 7.61. The number of nitrogens with zero attached hydrogens (tertiary/aromatic N) is 1. The highest BCUT2D eigenvalue weighted by atomic mass is 79.9. The van der Waals surface area contributed by atoms with Crippen LogP contribution in [0.2, 0.25) is 0 Å². The van der Waals surface area contributed by atoms with Gasteiger partial charge in [-0.05, 0) is 53.6 Å². The molecule has 0 aliphatic carbocycles. The largest absolute Gasteiger partial charge is 0.293 e. The van der Waals surface area contributed by atoms with Crippen molar-refractivity contribution in [3.8, 4) is 0 Å². The summed E-state index contributed by atoms with van der Waals surface area (Å²) in [6.07, 6.45) is 3.76. The summed E-state index contributed by atoms with van der Waals surface area (Å²) in [5, 5.41) is -0.233. The lowest BCUT2D eigenvalue weighted by Gasteiger charge is -2.12. The first-order valence-corrected chi connectivity index (χ1v) is 9.37. The molecule has 2 aromatic rings. The summed E-state index contributed by atoms with van der Waals surface area (Å²) in [5.74, 6) is -0.240. The van der Waals surface area contributed by atoms with E-state index in [-0.39, 0.29) is 17.7 Å². The number of hydrogen-bond acceptors (Lipinski definition) is 3. The Morgan fingerprint density at radius 3 is 2.60 bits per heavy atom. The van der Waals surface area contributed by atoms with Crippen molar-refractivity contribution in [2.75, 3.05) is 0 Å². The van der Waals surface area contributed by atoms with Gasteiger partial charge in [-0.25, -0.2) is 0 Å². The average Bonchev–Trinajstić information content (AvgIpc) is 2.83. The fourth-order valence-corrected chi connectivity index (χ4v) is 3.85. The summed E-state index contributed by atoms with van der Waals surface area (Å²) in [6, 6.07) is 17.5. The average molecular weight is 414 g/mol. The lowest BCUT2D eigenvalue weighted by atomic mass is 10.1. The third-order valence-corrected chi connectivity index (χ3v) is 5.06. The van der Waals surface area contributed by atoms with E-state index in [1.807, 2.05) is 67.6 Å². The smallest absolute Gasteiger partial charge is 0.268 e. The number of carbonyl (C=O) groups is 2. The molecule has 1 saturated heterocycles. The summed E-state index contributed by atoms with van der Waals surface area (Å²) >= 11 is 4.40. The third-order valence-electron chi connectivity index (χ3n) is 3.66. The highest BCUT2D eigenvalue weighted by molar-refractivity contribution is 9.10. The van der Waals surface area contributed by atoms with Crippen LogP contribution in [0.1, 0.15) is 18.1 Å². The summed E-state index contributed by atoms with van der Waals surface area (Å²) in [6.45, 7) is 2.21. The fraction of sp³-hybridized carbons (Fsp3) is 0.100. The Bertz CT molecular complexity index is 874. The molecular weight excluding hydrogens is 398 g/mol. The molecule has 3 nitrogen and oxygen atoms in total. The van der Waals surface area contributed by atoms with Gasteiger partial charge in [0.05, 0.1) is 11.4 Å². The normalized spacial score (nSPS) is 16.8. The molecule has 1 aliphatic rings. The minimum Gasteiger partial charge on any atom is -0.268 e. The van der Waals surface area contributed by atoms with Crippen molar-refractivity contribution in [2.24, 2.45) is 0 Å². The van der Waals surface area contributed by atoms with Crippen LogP contribution in [0.25, 0.3) is 6.08 Å². The molecular formula is C20H16BrNO2S. The molecule has 3 rings (SSSR count). The van der Waals surface area contributed by atoms with Crippen molar-refractivity contribution in [3.05, 3.63) is 86.8 Å². The molecule has 0 spiro atoms. The Hall–Kier alpha value is -2.11. The Balaban J connectivity index is 1.77. The fourth-order valence-electron chi connectivity index (χ4n) is 2.51. The van der Waals surface area contributed by atoms with Crippen molar-refractivity contribution in [1.29, 1.82) is 0 Å². The van der Waals surface area contributed by atoms with Crippen LogP contribution in [-0.4, -0.2) is 16.0 Å². The molecule has 1 heterocycles. The molecule has 126 valence electrons. The lowest BCUT2D eigenvalue weighted by Crippen LogP contribution is -2.27. The van der Waals surface area contributed by atoms with Crippen LogP contribution in [0, 0.1) is 0 Å². The number of thioether (sulfide) groups is 1. The molecule has 1 fully saturated rings. The van der Waals surface area contributed by atoms with Gasteiger partial charge in [-0.1, -0.05) is 64.5 Å². The second kappa shape index (κ2) is 7.85. The van der Waals surface area contributed by atoms with Gasteiger partial charge in [0.1, 0.15) is 0 Å². The van der Waals surface area contributed by atoms with Gasteiger partial charge in [-0.15, -0.1) is 0 Å². The third kappa shape index (κ3) is 4.50. The highest BCUT2D eigenvalue weighted by Crippen LogP contribution is 2.33. The maximum absolute atomic E-state index is 12.6. The van der Waals surface area contributed by atoms with Crippen LogP contribution in [0.5, 0.6) is 0 Å². The molecule has 1 aliphatic heterocycles. The van der Waals surface area contributed by atoms with Gasteiger partial charge in [-0.3, -0.25) is 14.5 Å². The van der Waals surface area contributed by atoms with Crippen LogP contribution < -0.4 is 0 Å². The van der Waals surface area contributed by atoms with Crippen LogP contribution >= 0.6 is 27.7 Å². The zero-order valence-corrected chi connectivity index (χ0v) is 16.0. The van der Waals surface area contributed by atoms with Gasteiger partial charge in [0, 0.05) is 4.47 Å². The van der Waals surface area contributed by atoms with Gasteiger partial charge in [0.15, 0.2) is 0 Å². The molecule has 2 aromatic carbocycles. The maximum atomic E-state index is 12.6. The Kier molecular flexibility index (Phi) is 5.56. The van der Waals surface area contributed by atoms with E-state index in [4.69, 9.17) is 0 Å². The van der Waals surface area contributed by atoms with Gasteiger partial charge in [0.25, 0.3) is 11.1 Å². The van der Waals surface area contributed by atoms with Crippen LogP contribution in [0.15, 0.2) is 75.6 Å². The van der Waals surface area contributed by atoms with Gasteiger partial charge >= 0.3 is 0 Å². The van der Waals surface area contributed by atoms with E-state index in [2.05, 4.69) is 15.9 Å². The monoisotopic (exact) mass is 413 g/mol. The van der Waals surface area contributed by atoms with Crippen molar-refractivity contribution in [3.63, 3.8) is 0 Å². The first kappa shape index (κ1) is 17.7. The number of benzene rings is 2. The standard InChI is InChI=1S/C20H16BrNO2S/c1-14(10-15-6-3-2-4-7-15)11-18-19(23)22(20(24)25-18)13-16-8-5-9-17(21)12-16/h2-12H,13H2,1H3/b14-10+,18-11+. The van der Waals surface area contributed by atoms with Crippen LogP contribution in [0.3, 0.4) is 0 Å². The van der Waals surface area contributed by atoms with Gasteiger partial charge < -0.3 is 0 Å². The Morgan fingerprint density at radius 1 is 1.12 bits per heavy atom. The SMILES string of the molecule is CC(=C\c1ccccc1)/C=C1/SC(=O)N(Cc2cccc(Br)c2)C1=O. The minimum absolute atomic E-state index is 0.233. The Morgan fingerprint density at radius 2 is 1.88 bits per heavy atom. The number of rotatable bonds is 4. The van der Waals surface area contributed by atoms with Crippen molar-refractivity contribution >= 4 is 44.9 Å². The number of amides is 2. The molecule has 0 atom stereocenters. The molecule has 0 bridgehead atoms. The van der Waals surface area contributed by atoms with Crippen molar-refractivity contribution in [2.45, 2.75) is 13.5 Å². The lowest BCUT2D eigenvalue weighted by molar-refractivity contribution is -0.123. The second-order valence-electron chi connectivity index (χ2n) is 5.70. The molecule has 0 N–H and O–H groups in total. The zero-order valence-electron chi connectivity index (χ0n) is 13.6. The minimum atomic E-state index is -0.240. The number of hydrogen-bond donors (Lipinski definition) is 0. The van der Waals surface area contributed by atoms with Crippen molar-refractivity contribution in [1.82, 2.24) is 4.90 Å². The van der Waals surface area contributed by atoms with Crippen LogP contribution in [0.4, 0.5) is 4.79 Å². The predicted molar refractivity (Wildman–Crippen MR) is 106 cm³/mol. The topological polar surface area (TPSA) is 37.4 Å². The molecule has 25 heavy (non-hydrogen) atoms. The Labute approximate surface area is 159 Å². The summed E-state index contributed by atoms with van der Waals surface area (Å²) in [5.41, 5.74) is 2.90. The molecule has 0 saturated carbocycles. The number of halogens is 1. The molecule has 0 unspecified atom stereocenters. The molecule has 2 amide bonds. The number of carbonyl (C=O) groups excluding carboxylic acids is 2. The maximum Gasteiger partial charge on any atom is 0.293 e. The summed E-state index contributed by atoms with van der Waals surface area (Å²) in [4.78, 5) is 26.5. The zero-order chi connectivity index (χ0) is 17.8. The van der Waals surface area contributed by atoms with Gasteiger partial charge in [0.2, 0.25) is 0 Å². The highest BCUT2D eigenvalue weighted by Gasteiger charge is 2.34.